The Kier molecular flexibility index (Phi) is 3.94. The second-order valence-electron chi connectivity index (χ2n) is 3.59. The number of carbonyl (C=O) groups is 1. The van der Waals surface area contributed by atoms with Crippen LogP contribution in [0.2, 0.25) is 10.2 Å². The molecule has 5 heteroatoms. The van der Waals surface area contributed by atoms with Crippen LogP contribution in [0.25, 0.3) is 0 Å². The highest BCUT2D eigenvalue weighted by molar-refractivity contribution is 6.34. The highest BCUT2D eigenvalue weighted by Crippen LogP contribution is 2.31. The number of nitrogens with zero attached hydrogens (tertiary/aromatic N) is 1. The van der Waals surface area contributed by atoms with Crippen molar-refractivity contribution >= 4 is 29.2 Å². The Balaban J connectivity index is 3.17. The molecule has 0 radical (unpaired) electrons. The van der Waals surface area contributed by atoms with E-state index in [1.807, 2.05) is 13.8 Å². The van der Waals surface area contributed by atoms with Crippen LogP contribution in [0.15, 0.2) is 12.3 Å². The summed E-state index contributed by atoms with van der Waals surface area (Å²) in [7, 11) is 0. The van der Waals surface area contributed by atoms with Crippen molar-refractivity contribution in [3.8, 4) is 0 Å². The predicted molar refractivity (Wildman–Crippen MR) is 59.5 cm³/mol. The summed E-state index contributed by atoms with van der Waals surface area (Å²) in [5.74, 6) is -1.61. The third-order valence-electron chi connectivity index (χ3n) is 2.12. The molecule has 0 fully saturated rings. The summed E-state index contributed by atoms with van der Waals surface area (Å²) >= 11 is 11.6. The maximum atomic E-state index is 11.1. The molecule has 0 saturated carbocycles. The summed E-state index contributed by atoms with van der Waals surface area (Å²) in [6, 6.07) is 1.46. The van der Waals surface area contributed by atoms with Gasteiger partial charge < -0.3 is 5.11 Å². The van der Waals surface area contributed by atoms with Gasteiger partial charge in [-0.1, -0.05) is 37.0 Å². The fourth-order valence-electron chi connectivity index (χ4n) is 1.42. The summed E-state index contributed by atoms with van der Waals surface area (Å²) in [5, 5.41) is 9.68. The number of aromatic nitrogens is 1. The SMILES string of the molecule is CC(C)C(C(=O)O)c1cnc(Cl)cc1Cl. The van der Waals surface area contributed by atoms with E-state index in [0.717, 1.165) is 0 Å². The molecule has 1 rings (SSSR count). The van der Waals surface area contributed by atoms with E-state index in [0.29, 0.717) is 10.6 Å². The zero-order chi connectivity index (χ0) is 11.6. The van der Waals surface area contributed by atoms with Gasteiger partial charge in [-0.2, -0.15) is 0 Å². The molecule has 0 aromatic carbocycles. The quantitative estimate of drug-likeness (QED) is 0.835. The lowest BCUT2D eigenvalue weighted by Gasteiger charge is -2.17. The Morgan fingerprint density at radius 2 is 2.07 bits per heavy atom. The number of carboxylic acids is 1. The van der Waals surface area contributed by atoms with Gasteiger partial charge in [0, 0.05) is 16.8 Å². The van der Waals surface area contributed by atoms with Crippen molar-refractivity contribution in [3.05, 3.63) is 28.0 Å². The largest absolute Gasteiger partial charge is 0.481 e. The van der Waals surface area contributed by atoms with Crippen molar-refractivity contribution in [2.24, 2.45) is 5.92 Å². The zero-order valence-electron chi connectivity index (χ0n) is 8.37. The van der Waals surface area contributed by atoms with E-state index >= 15 is 0 Å². The number of rotatable bonds is 3. The topological polar surface area (TPSA) is 50.2 Å². The van der Waals surface area contributed by atoms with Crippen molar-refractivity contribution in [3.63, 3.8) is 0 Å². The van der Waals surface area contributed by atoms with E-state index in [2.05, 4.69) is 4.98 Å². The van der Waals surface area contributed by atoms with E-state index in [1.54, 1.807) is 0 Å². The summed E-state index contributed by atoms with van der Waals surface area (Å²) in [4.78, 5) is 14.9. The van der Waals surface area contributed by atoms with Gasteiger partial charge in [0.1, 0.15) is 5.15 Å². The van der Waals surface area contributed by atoms with Gasteiger partial charge in [0.15, 0.2) is 0 Å². The van der Waals surface area contributed by atoms with Crippen molar-refractivity contribution in [2.75, 3.05) is 0 Å². The number of carboxylic acid groups (broad SMARTS) is 1. The second-order valence-corrected chi connectivity index (χ2v) is 4.38. The molecule has 0 aliphatic carbocycles. The monoisotopic (exact) mass is 247 g/mol. The van der Waals surface area contributed by atoms with Crippen molar-refractivity contribution in [1.29, 1.82) is 0 Å². The van der Waals surface area contributed by atoms with Crippen LogP contribution in [0.1, 0.15) is 25.3 Å². The van der Waals surface area contributed by atoms with Gasteiger partial charge in [-0.05, 0) is 12.0 Å². The van der Waals surface area contributed by atoms with Crippen molar-refractivity contribution in [1.82, 2.24) is 4.98 Å². The van der Waals surface area contributed by atoms with E-state index in [-0.39, 0.29) is 11.1 Å². The average Bonchev–Trinajstić information content (AvgIpc) is 2.08. The number of pyridine rings is 1. The van der Waals surface area contributed by atoms with Crippen LogP contribution in [0.5, 0.6) is 0 Å². The molecule has 1 unspecified atom stereocenters. The number of halogens is 2. The molecule has 0 spiro atoms. The lowest BCUT2D eigenvalue weighted by molar-refractivity contribution is -0.139. The first-order valence-corrected chi connectivity index (χ1v) is 5.22. The molecule has 0 bridgehead atoms. The standard InChI is InChI=1S/C10H11Cl2NO2/c1-5(2)9(10(14)15)6-4-13-8(12)3-7(6)11/h3-5,9H,1-2H3,(H,14,15). The van der Waals surface area contributed by atoms with Crippen molar-refractivity contribution < 1.29 is 9.90 Å². The summed E-state index contributed by atoms with van der Waals surface area (Å²) < 4.78 is 0. The number of aliphatic carboxylic acids is 1. The van der Waals surface area contributed by atoms with Gasteiger partial charge in [-0.3, -0.25) is 4.79 Å². The molecule has 1 heterocycles. The molecule has 1 aromatic heterocycles. The van der Waals surface area contributed by atoms with Crippen LogP contribution in [0.4, 0.5) is 0 Å². The van der Waals surface area contributed by atoms with Gasteiger partial charge >= 0.3 is 5.97 Å². The Morgan fingerprint density at radius 1 is 1.47 bits per heavy atom. The summed E-state index contributed by atoms with van der Waals surface area (Å²) in [6.07, 6.45) is 1.42. The van der Waals surface area contributed by atoms with Crippen LogP contribution < -0.4 is 0 Å². The van der Waals surface area contributed by atoms with Gasteiger partial charge in [0.2, 0.25) is 0 Å². The molecule has 15 heavy (non-hydrogen) atoms. The molecular weight excluding hydrogens is 237 g/mol. The van der Waals surface area contributed by atoms with Crippen LogP contribution in [-0.2, 0) is 4.79 Å². The minimum Gasteiger partial charge on any atom is -0.481 e. The highest BCUT2D eigenvalue weighted by atomic mass is 35.5. The van der Waals surface area contributed by atoms with Crippen LogP contribution in [0.3, 0.4) is 0 Å². The molecule has 1 N–H and O–H groups in total. The Bertz CT molecular complexity index is 380. The van der Waals surface area contributed by atoms with Gasteiger partial charge in [0.25, 0.3) is 0 Å². The molecule has 0 aliphatic heterocycles. The average molecular weight is 248 g/mol. The molecular formula is C10H11Cl2NO2. The van der Waals surface area contributed by atoms with Crippen LogP contribution >= 0.6 is 23.2 Å². The lowest BCUT2D eigenvalue weighted by atomic mass is 9.89. The summed E-state index contributed by atoms with van der Waals surface area (Å²) in [6.45, 7) is 3.65. The maximum Gasteiger partial charge on any atom is 0.311 e. The fourth-order valence-corrected chi connectivity index (χ4v) is 1.91. The maximum absolute atomic E-state index is 11.1. The van der Waals surface area contributed by atoms with Gasteiger partial charge in [-0.25, -0.2) is 4.98 Å². The molecule has 1 atom stereocenters. The number of hydrogen-bond donors (Lipinski definition) is 1. The van der Waals surface area contributed by atoms with Crippen LogP contribution in [-0.4, -0.2) is 16.1 Å². The van der Waals surface area contributed by atoms with E-state index in [1.165, 1.54) is 12.3 Å². The molecule has 3 nitrogen and oxygen atoms in total. The molecule has 0 amide bonds. The minimum atomic E-state index is -0.906. The zero-order valence-corrected chi connectivity index (χ0v) is 9.88. The van der Waals surface area contributed by atoms with Crippen LogP contribution in [0, 0.1) is 5.92 Å². The minimum absolute atomic E-state index is 0.0528. The Hall–Kier alpha value is -0.800. The first-order valence-electron chi connectivity index (χ1n) is 4.47. The molecule has 0 saturated heterocycles. The summed E-state index contributed by atoms with van der Waals surface area (Å²) in [5.41, 5.74) is 0.503. The highest BCUT2D eigenvalue weighted by Gasteiger charge is 2.26. The Morgan fingerprint density at radius 3 is 2.47 bits per heavy atom. The van der Waals surface area contributed by atoms with E-state index < -0.39 is 11.9 Å². The van der Waals surface area contributed by atoms with Crippen molar-refractivity contribution in [2.45, 2.75) is 19.8 Å². The van der Waals surface area contributed by atoms with E-state index in [9.17, 15) is 4.79 Å². The smallest absolute Gasteiger partial charge is 0.311 e. The van der Waals surface area contributed by atoms with E-state index in [4.69, 9.17) is 28.3 Å². The second kappa shape index (κ2) is 4.81. The molecule has 0 aliphatic rings. The van der Waals surface area contributed by atoms with Gasteiger partial charge in [0.05, 0.1) is 5.92 Å². The predicted octanol–water partition coefficient (Wildman–Crippen LogP) is 3.21. The van der Waals surface area contributed by atoms with Gasteiger partial charge in [-0.15, -0.1) is 0 Å². The third-order valence-corrected chi connectivity index (χ3v) is 2.65. The fraction of sp³-hybridized carbons (Fsp3) is 0.400. The molecule has 82 valence electrons. The first kappa shape index (κ1) is 12.3. The lowest BCUT2D eigenvalue weighted by Crippen LogP contribution is -2.18. The number of hydrogen-bond acceptors (Lipinski definition) is 2. The third kappa shape index (κ3) is 2.83. The first-order chi connectivity index (χ1) is 6.93. The Labute approximate surface area is 98.0 Å². The normalized spacial score (nSPS) is 12.9. The molecule has 1 aromatic rings.